The molecule has 2 N–H and O–H groups in total. The van der Waals surface area contributed by atoms with Crippen molar-refractivity contribution in [2.24, 2.45) is 5.92 Å². The van der Waals surface area contributed by atoms with Crippen molar-refractivity contribution in [3.05, 3.63) is 0 Å². The quantitative estimate of drug-likeness (QED) is 0.376. The van der Waals surface area contributed by atoms with Crippen LogP contribution < -0.4 is 0 Å². The molecule has 0 aliphatic rings. The van der Waals surface area contributed by atoms with Crippen molar-refractivity contribution < 1.29 is 28.4 Å². The first-order valence-electron chi connectivity index (χ1n) is 5.71. The van der Waals surface area contributed by atoms with Crippen LogP contribution in [0.5, 0.6) is 0 Å². The number of rotatable bonds is 9. The van der Waals surface area contributed by atoms with Gasteiger partial charge in [-0.2, -0.15) is 0 Å². The van der Waals surface area contributed by atoms with Crippen LogP contribution in [0.15, 0.2) is 0 Å². The van der Waals surface area contributed by atoms with E-state index in [1.807, 2.05) is 6.92 Å². The fourth-order valence-electron chi connectivity index (χ4n) is 1.10. The van der Waals surface area contributed by atoms with Gasteiger partial charge in [-0.3, -0.25) is 9.32 Å². The first kappa shape index (κ1) is 16.6. The zero-order valence-electron chi connectivity index (χ0n) is 10.3. The van der Waals surface area contributed by atoms with Gasteiger partial charge in [-0.15, -0.1) is 0 Å². The van der Waals surface area contributed by atoms with E-state index in [2.05, 4.69) is 4.52 Å². The molecule has 0 heterocycles. The average molecular weight is 268 g/mol. The molecule has 6 nitrogen and oxygen atoms in total. The zero-order chi connectivity index (χ0) is 13.3. The number of carbonyl (C=O) groups is 1. The van der Waals surface area contributed by atoms with Crippen LogP contribution in [0.25, 0.3) is 0 Å². The Morgan fingerprint density at radius 1 is 1.29 bits per heavy atom. The highest BCUT2D eigenvalue weighted by Gasteiger charge is 2.16. The van der Waals surface area contributed by atoms with E-state index in [1.54, 1.807) is 6.92 Å². The fraction of sp³-hybridized carbons (Fsp3) is 0.900. The topological polar surface area (TPSA) is 93.1 Å². The highest BCUT2D eigenvalue weighted by molar-refractivity contribution is 7.46. The first-order valence-corrected chi connectivity index (χ1v) is 7.24. The molecule has 7 heteroatoms. The average Bonchev–Trinajstić information content (AvgIpc) is 2.23. The van der Waals surface area contributed by atoms with Gasteiger partial charge in [0.1, 0.15) is 0 Å². The second kappa shape index (κ2) is 8.64. The summed E-state index contributed by atoms with van der Waals surface area (Å²) in [6.07, 6.45) is 3.23. The summed E-state index contributed by atoms with van der Waals surface area (Å²) >= 11 is 0. The van der Waals surface area contributed by atoms with Gasteiger partial charge in [0.15, 0.2) is 0 Å². The van der Waals surface area contributed by atoms with E-state index in [1.165, 1.54) is 0 Å². The second-order valence-electron chi connectivity index (χ2n) is 4.03. The first-order chi connectivity index (χ1) is 7.85. The molecule has 102 valence electrons. The van der Waals surface area contributed by atoms with Crippen molar-refractivity contribution in [1.82, 2.24) is 0 Å². The van der Waals surface area contributed by atoms with Crippen LogP contribution in [0.4, 0.5) is 0 Å². The number of hydrogen-bond donors (Lipinski definition) is 2. The van der Waals surface area contributed by atoms with E-state index in [9.17, 15) is 9.36 Å². The molecule has 0 aromatic rings. The SMILES string of the molecule is CCCCCC(=O)OCC(C)COP(=O)(O)O. The Balaban J connectivity index is 3.59. The third-order valence-electron chi connectivity index (χ3n) is 2.04. The van der Waals surface area contributed by atoms with Crippen LogP contribution in [0.1, 0.15) is 39.5 Å². The zero-order valence-corrected chi connectivity index (χ0v) is 11.2. The van der Waals surface area contributed by atoms with Crippen LogP contribution in [0, 0.1) is 5.92 Å². The lowest BCUT2D eigenvalue weighted by atomic mass is 10.2. The fourth-order valence-corrected chi connectivity index (χ4v) is 1.55. The summed E-state index contributed by atoms with van der Waals surface area (Å²) < 4.78 is 19.7. The third kappa shape index (κ3) is 11.8. The number of phosphoric ester groups is 1. The molecule has 0 saturated heterocycles. The largest absolute Gasteiger partial charge is 0.469 e. The number of hydrogen-bond acceptors (Lipinski definition) is 4. The molecule has 0 spiro atoms. The Morgan fingerprint density at radius 2 is 1.94 bits per heavy atom. The van der Waals surface area contributed by atoms with Gasteiger partial charge in [0, 0.05) is 12.3 Å². The van der Waals surface area contributed by atoms with Crippen LogP contribution in [0.3, 0.4) is 0 Å². The number of carbonyl (C=O) groups excluding carboxylic acids is 1. The number of esters is 1. The molecule has 0 amide bonds. The van der Waals surface area contributed by atoms with Gasteiger partial charge in [0.05, 0.1) is 13.2 Å². The standard InChI is InChI=1S/C10H21O6P/c1-3-4-5-6-10(11)15-7-9(2)8-16-17(12,13)14/h9H,3-8H2,1-2H3,(H2,12,13,14). The minimum absolute atomic E-state index is 0.116. The Hall–Kier alpha value is -0.420. The highest BCUT2D eigenvalue weighted by Crippen LogP contribution is 2.36. The van der Waals surface area contributed by atoms with Crippen molar-refractivity contribution >= 4 is 13.8 Å². The van der Waals surface area contributed by atoms with E-state index in [0.29, 0.717) is 6.42 Å². The molecule has 1 atom stereocenters. The molecule has 0 aromatic carbocycles. The monoisotopic (exact) mass is 268 g/mol. The minimum atomic E-state index is -4.43. The van der Waals surface area contributed by atoms with Crippen molar-refractivity contribution in [2.75, 3.05) is 13.2 Å². The van der Waals surface area contributed by atoms with E-state index in [-0.39, 0.29) is 25.1 Å². The number of phosphoric acid groups is 1. The molecule has 0 aliphatic carbocycles. The summed E-state index contributed by atoms with van der Waals surface area (Å²) in [5.41, 5.74) is 0. The summed E-state index contributed by atoms with van der Waals surface area (Å²) in [5.74, 6) is -0.515. The van der Waals surface area contributed by atoms with Crippen LogP contribution in [0.2, 0.25) is 0 Å². The number of unbranched alkanes of at least 4 members (excludes halogenated alkanes) is 2. The molecule has 0 aromatic heterocycles. The molecule has 0 bridgehead atoms. The predicted molar refractivity (Wildman–Crippen MR) is 62.3 cm³/mol. The van der Waals surface area contributed by atoms with Gasteiger partial charge >= 0.3 is 13.8 Å². The second-order valence-corrected chi connectivity index (χ2v) is 5.27. The molecule has 0 fully saturated rings. The van der Waals surface area contributed by atoms with Gasteiger partial charge in [0.2, 0.25) is 0 Å². The molecule has 1 unspecified atom stereocenters. The van der Waals surface area contributed by atoms with Crippen LogP contribution in [-0.2, 0) is 18.6 Å². The third-order valence-corrected chi connectivity index (χ3v) is 2.53. The molecule has 17 heavy (non-hydrogen) atoms. The molecular formula is C10H21O6P. The van der Waals surface area contributed by atoms with Crippen molar-refractivity contribution in [3.8, 4) is 0 Å². The maximum Gasteiger partial charge on any atom is 0.469 e. The summed E-state index contributed by atoms with van der Waals surface area (Å²) in [7, 11) is -4.43. The van der Waals surface area contributed by atoms with Crippen LogP contribution >= 0.6 is 7.82 Å². The normalized spacial score (nSPS) is 13.4. The number of ether oxygens (including phenoxy) is 1. The Morgan fingerprint density at radius 3 is 2.47 bits per heavy atom. The lowest BCUT2D eigenvalue weighted by Crippen LogP contribution is -2.15. The van der Waals surface area contributed by atoms with Crippen LogP contribution in [-0.4, -0.2) is 29.0 Å². The molecule has 0 radical (unpaired) electrons. The molecule has 0 saturated carbocycles. The van der Waals surface area contributed by atoms with E-state index in [0.717, 1.165) is 19.3 Å². The predicted octanol–water partition coefficient (Wildman–Crippen LogP) is 1.86. The Bertz CT molecular complexity index is 262. The summed E-state index contributed by atoms with van der Waals surface area (Å²) in [6, 6.07) is 0. The van der Waals surface area contributed by atoms with Gasteiger partial charge in [-0.05, 0) is 6.42 Å². The van der Waals surface area contributed by atoms with Gasteiger partial charge in [-0.1, -0.05) is 26.7 Å². The van der Waals surface area contributed by atoms with Gasteiger partial charge < -0.3 is 14.5 Å². The van der Waals surface area contributed by atoms with Gasteiger partial charge in [0.25, 0.3) is 0 Å². The summed E-state index contributed by atoms with van der Waals surface area (Å²) in [4.78, 5) is 28.1. The van der Waals surface area contributed by atoms with Gasteiger partial charge in [-0.25, -0.2) is 4.57 Å². The lowest BCUT2D eigenvalue weighted by molar-refractivity contribution is -0.145. The van der Waals surface area contributed by atoms with E-state index < -0.39 is 7.82 Å². The van der Waals surface area contributed by atoms with Crippen molar-refractivity contribution in [3.63, 3.8) is 0 Å². The molecule has 0 aliphatic heterocycles. The minimum Gasteiger partial charge on any atom is -0.465 e. The van der Waals surface area contributed by atoms with Crippen molar-refractivity contribution in [2.45, 2.75) is 39.5 Å². The smallest absolute Gasteiger partial charge is 0.465 e. The van der Waals surface area contributed by atoms with E-state index >= 15 is 0 Å². The van der Waals surface area contributed by atoms with Crippen molar-refractivity contribution in [1.29, 1.82) is 0 Å². The molecule has 0 rings (SSSR count). The summed E-state index contributed by atoms with van der Waals surface area (Å²) in [5, 5.41) is 0. The maximum absolute atomic E-state index is 11.2. The summed E-state index contributed by atoms with van der Waals surface area (Å²) in [6.45, 7) is 3.72. The molecular weight excluding hydrogens is 247 g/mol. The Kier molecular flexibility index (Phi) is 8.43. The lowest BCUT2D eigenvalue weighted by Gasteiger charge is -2.12. The highest BCUT2D eigenvalue weighted by atomic mass is 31.2. The van der Waals surface area contributed by atoms with E-state index in [4.69, 9.17) is 14.5 Å². The maximum atomic E-state index is 11.2. The Labute approximate surface area is 102 Å².